The van der Waals surface area contributed by atoms with E-state index in [1.807, 2.05) is 36.4 Å². The molecule has 2 unspecified atom stereocenters. The zero-order valence-electron chi connectivity index (χ0n) is 52.0. The van der Waals surface area contributed by atoms with Gasteiger partial charge in [0.2, 0.25) is 0 Å². The van der Waals surface area contributed by atoms with Gasteiger partial charge in [-0.05, 0) is 73.2 Å². The van der Waals surface area contributed by atoms with E-state index in [1.165, 1.54) is 255 Å². The van der Waals surface area contributed by atoms with Crippen LogP contribution in [-0.4, -0.2) is 76.0 Å². The largest absolute Gasteiger partial charge is 2.00 e. The molecule has 0 spiro atoms. The minimum absolute atomic E-state index is 0. The molecule has 2 aliphatic rings. The average Bonchev–Trinajstić information content (AvgIpc) is 4.25. The molecule has 0 saturated carbocycles. The van der Waals surface area contributed by atoms with Crippen molar-refractivity contribution < 1.29 is 25.9 Å². The number of unbranched alkanes of at least 4 members (excludes halogenated alkanes) is 36. The maximum Gasteiger partial charge on any atom is 2.00 e. The molecule has 13 heteroatoms. The standard InChI is InChI=1S/2C35H56N2O3S.Ca/c2*1-2-3-4-5-6-7-8-9-10-11-12-13-14-15-16-17-18-19-23-26-35-36-33-28-27-32(41(38,39)40)29-34(33)37(35)30-31-24-21-20-22-25-31;/h2*20-22,24-25,27-29,35-36H,2-19,23,26,30H2,1H3,(H,38,39,40);/q;;+2/p-2. The Bertz CT molecular complexity index is 2330. The van der Waals surface area contributed by atoms with Crippen molar-refractivity contribution in [2.75, 3.05) is 20.4 Å². The van der Waals surface area contributed by atoms with Crippen molar-refractivity contribution in [1.29, 1.82) is 0 Å². The fraction of sp³-hybridized carbons (Fsp3) is 0.657. The Labute approximate surface area is 536 Å². The SMILES string of the molecule is CCCCCCCCCCCCCCCCCCCCCC1Nc2ccc(S(=O)(=O)[O-])cc2N1Cc1ccccc1.CCCCCCCCCCCCCCCCCCCCCC1Nc2ccc(S(=O)(=O)[O-])cc2N1Cc1ccccc1.[Ca+2]. The summed E-state index contributed by atoms with van der Waals surface area (Å²) in [4.78, 5) is 4.10. The van der Waals surface area contributed by atoms with E-state index >= 15 is 0 Å². The molecule has 2 N–H and O–H groups in total. The minimum Gasteiger partial charge on any atom is -0.744 e. The molecule has 460 valence electrons. The summed E-state index contributed by atoms with van der Waals surface area (Å²) in [6.07, 6.45) is 54.3. The Kier molecular flexibility index (Phi) is 38.3. The maximum absolute atomic E-state index is 11.6. The van der Waals surface area contributed by atoms with E-state index in [2.05, 4.69) is 58.5 Å². The van der Waals surface area contributed by atoms with Crippen LogP contribution in [0.15, 0.2) is 107 Å². The molecule has 10 nitrogen and oxygen atoms in total. The van der Waals surface area contributed by atoms with E-state index < -0.39 is 20.2 Å². The van der Waals surface area contributed by atoms with Gasteiger partial charge < -0.3 is 29.5 Å². The molecule has 0 amide bonds. The van der Waals surface area contributed by atoms with Gasteiger partial charge >= 0.3 is 37.7 Å². The van der Waals surface area contributed by atoms with E-state index in [0.717, 1.165) is 59.6 Å². The quantitative estimate of drug-likeness (QED) is 0.0249. The van der Waals surface area contributed by atoms with Gasteiger partial charge in [-0.3, -0.25) is 0 Å². The van der Waals surface area contributed by atoms with Crippen molar-refractivity contribution >= 4 is 80.7 Å². The molecule has 0 aromatic heterocycles. The van der Waals surface area contributed by atoms with Crippen molar-refractivity contribution in [1.82, 2.24) is 0 Å². The fourth-order valence-electron chi connectivity index (χ4n) is 12.1. The Morgan fingerprint density at radius 3 is 0.831 bits per heavy atom. The predicted octanol–water partition coefficient (Wildman–Crippen LogP) is 20.0. The van der Waals surface area contributed by atoms with Gasteiger partial charge in [0, 0.05) is 13.1 Å². The number of fused-ring (bicyclic) bond motifs is 2. The Hall–Kier alpha value is -2.84. The summed E-state index contributed by atoms with van der Waals surface area (Å²) < 4.78 is 69.9. The summed E-state index contributed by atoms with van der Waals surface area (Å²) in [7, 11) is -8.98. The van der Waals surface area contributed by atoms with Gasteiger partial charge in [0.1, 0.15) is 20.2 Å². The third kappa shape index (κ3) is 30.1. The smallest absolute Gasteiger partial charge is 0.744 e. The van der Waals surface area contributed by atoms with Crippen LogP contribution in [0.1, 0.15) is 282 Å². The second-order valence-electron chi connectivity index (χ2n) is 24.1. The topological polar surface area (TPSA) is 145 Å². The summed E-state index contributed by atoms with van der Waals surface area (Å²) in [5, 5.41) is 7.14. The van der Waals surface area contributed by atoms with Crippen LogP contribution in [0.25, 0.3) is 0 Å². The summed E-state index contributed by atoms with van der Waals surface area (Å²) in [5.41, 5.74) is 5.72. The van der Waals surface area contributed by atoms with Crippen LogP contribution >= 0.6 is 0 Å². The Morgan fingerprint density at radius 2 is 0.590 bits per heavy atom. The van der Waals surface area contributed by atoms with E-state index in [0.29, 0.717) is 13.1 Å². The molecule has 2 aliphatic heterocycles. The van der Waals surface area contributed by atoms with Crippen molar-refractivity contribution in [2.45, 2.75) is 306 Å². The number of nitrogens with zero attached hydrogens (tertiary/aromatic N) is 2. The molecule has 2 heterocycles. The van der Waals surface area contributed by atoms with Crippen LogP contribution in [0.2, 0.25) is 0 Å². The summed E-state index contributed by atoms with van der Waals surface area (Å²) >= 11 is 0. The van der Waals surface area contributed by atoms with E-state index in [9.17, 15) is 25.9 Å². The average molecular weight is 1210 g/mol. The first kappa shape index (κ1) is 72.6. The molecule has 0 aliphatic carbocycles. The molecular formula is C70H110CaN4O6S2. The van der Waals surface area contributed by atoms with E-state index in [-0.39, 0.29) is 59.9 Å². The summed E-state index contributed by atoms with van der Waals surface area (Å²) in [5.74, 6) is 0. The first-order valence-electron chi connectivity index (χ1n) is 33.3. The van der Waals surface area contributed by atoms with E-state index in [4.69, 9.17) is 0 Å². The van der Waals surface area contributed by atoms with Crippen molar-refractivity contribution in [3.63, 3.8) is 0 Å². The second-order valence-corrected chi connectivity index (χ2v) is 26.9. The summed E-state index contributed by atoms with van der Waals surface area (Å²) in [6, 6.07) is 29.8. The Balaban J connectivity index is 0.000000352. The Morgan fingerprint density at radius 1 is 0.349 bits per heavy atom. The van der Waals surface area contributed by atoms with E-state index in [1.54, 1.807) is 12.1 Å². The van der Waals surface area contributed by atoms with Crippen LogP contribution in [0.4, 0.5) is 22.7 Å². The third-order valence-corrected chi connectivity index (χ3v) is 18.7. The number of rotatable bonds is 46. The van der Waals surface area contributed by atoms with Gasteiger partial charge in [-0.2, -0.15) is 0 Å². The van der Waals surface area contributed by atoms with Gasteiger partial charge in [-0.25, -0.2) is 16.8 Å². The van der Waals surface area contributed by atoms with Gasteiger partial charge in [0.05, 0.1) is 44.9 Å². The predicted molar refractivity (Wildman–Crippen MR) is 351 cm³/mol. The molecule has 0 fully saturated rings. The molecule has 0 radical (unpaired) electrons. The number of hydrogen-bond acceptors (Lipinski definition) is 10. The number of benzene rings is 4. The summed E-state index contributed by atoms with van der Waals surface area (Å²) in [6.45, 7) is 5.92. The fourth-order valence-corrected chi connectivity index (χ4v) is 13.1. The van der Waals surface area contributed by atoms with Crippen LogP contribution < -0.4 is 20.4 Å². The monoisotopic (exact) mass is 1210 g/mol. The van der Waals surface area contributed by atoms with Gasteiger partial charge in [0.15, 0.2) is 0 Å². The van der Waals surface area contributed by atoms with Crippen LogP contribution in [-0.2, 0) is 33.3 Å². The van der Waals surface area contributed by atoms with Crippen molar-refractivity contribution in [3.05, 3.63) is 108 Å². The molecule has 0 saturated heterocycles. The zero-order chi connectivity index (χ0) is 58.4. The number of anilines is 4. The maximum atomic E-state index is 11.6. The molecule has 4 aromatic rings. The first-order chi connectivity index (χ1) is 40.0. The minimum atomic E-state index is -4.49. The normalized spacial score (nSPS) is 14.6. The molecule has 0 bridgehead atoms. The second kappa shape index (κ2) is 43.7. The van der Waals surface area contributed by atoms with Crippen molar-refractivity contribution in [3.8, 4) is 0 Å². The van der Waals surface area contributed by atoms with Crippen LogP contribution in [0, 0.1) is 0 Å². The number of hydrogen-bond donors (Lipinski definition) is 2. The molecule has 83 heavy (non-hydrogen) atoms. The molecule has 2 atom stereocenters. The van der Waals surface area contributed by atoms with Gasteiger partial charge in [-0.15, -0.1) is 0 Å². The van der Waals surface area contributed by atoms with Gasteiger partial charge in [0.25, 0.3) is 0 Å². The van der Waals surface area contributed by atoms with Gasteiger partial charge in [-0.1, -0.05) is 306 Å². The zero-order valence-corrected chi connectivity index (χ0v) is 55.8. The van der Waals surface area contributed by atoms with Crippen LogP contribution in [0.5, 0.6) is 0 Å². The van der Waals surface area contributed by atoms with Crippen LogP contribution in [0.3, 0.4) is 0 Å². The number of nitrogens with one attached hydrogen (secondary N) is 2. The molecule has 4 aromatic carbocycles. The van der Waals surface area contributed by atoms with Crippen molar-refractivity contribution in [2.24, 2.45) is 0 Å². The first-order valence-corrected chi connectivity index (χ1v) is 36.1. The molecule has 6 rings (SSSR count). The molecular weight excluding hydrogens is 1100 g/mol. The third-order valence-electron chi connectivity index (χ3n) is 17.1.